The highest BCUT2D eigenvalue weighted by Crippen LogP contribution is 2.39. The Labute approximate surface area is 109 Å². The van der Waals surface area contributed by atoms with Crippen molar-refractivity contribution in [2.75, 3.05) is 13.2 Å². The summed E-state index contributed by atoms with van der Waals surface area (Å²) in [6.07, 6.45) is 1.55. The molecule has 1 aliphatic rings. The first-order valence-electron chi connectivity index (χ1n) is 6.04. The Morgan fingerprint density at radius 3 is 2.58 bits per heavy atom. The van der Waals surface area contributed by atoms with E-state index >= 15 is 0 Å². The number of hydrogen-bond acceptors (Lipinski definition) is 6. The normalized spacial score (nSPS) is 18.2. The van der Waals surface area contributed by atoms with Gasteiger partial charge >= 0.3 is 5.69 Å². The number of hydrogen-bond donors (Lipinski definition) is 3. The number of aromatic hydroxyl groups is 2. The lowest BCUT2D eigenvalue weighted by atomic mass is 9.87. The van der Waals surface area contributed by atoms with Crippen molar-refractivity contribution in [2.45, 2.75) is 18.9 Å². The van der Waals surface area contributed by atoms with E-state index in [1.54, 1.807) is 0 Å². The lowest BCUT2D eigenvalue weighted by molar-refractivity contribution is -0.386. The lowest BCUT2D eigenvalue weighted by Gasteiger charge is -2.27. The minimum absolute atomic E-state index is 0.150. The SMILES string of the molecule is N[C@H](c1cc(O)c(O)c([N+](=O)[O-])c1)C1CCOCC1. The molecule has 0 amide bonds. The van der Waals surface area contributed by atoms with Crippen LogP contribution in [0.1, 0.15) is 24.4 Å². The van der Waals surface area contributed by atoms with E-state index in [1.165, 1.54) is 12.1 Å². The summed E-state index contributed by atoms with van der Waals surface area (Å²) < 4.78 is 5.24. The number of nitrogens with zero attached hydrogens (tertiary/aromatic N) is 1. The van der Waals surface area contributed by atoms with Gasteiger partial charge in [-0.2, -0.15) is 0 Å². The Bertz CT molecular complexity index is 485. The van der Waals surface area contributed by atoms with Gasteiger partial charge in [0, 0.05) is 25.3 Å². The Kier molecular flexibility index (Phi) is 3.87. The highest BCUT2D eigenvalue weighted by molar-refractivity contribution is 5.57. The van der Waals surface area contributed by atoms with Gasteiger partial charge in [0.2, 0.25) is 5.75 Å². The van der Waals surface area contributed by atoms with Gasteiger partial charge in [-0.3, -0.25) is 10.1 Å². The zero-order chi connectivity index (χ0) is 14.0. The minimum Gasteiger partial charge on any atom is -0.504 e. The summed E-state index contributed by atoms with van der Waals surface area (Å²) in [5, 5.41) is 29.8. The second-order valence-electron chi connectivity index (χ2n) is 4.64. The molecule has 0 aliphatic carbocycles. The van der Waals surface area contributed by atoms with Gasteiger partial charge < -0.3 is 20.7 Å². The van der Waals surface area contributed by atoms with E-state index in [2.05, 4.69) is 0 Å². The third-order valence-electron chi connectivity index (χ3n) is 3.45. The fourth-order valence-corrected chi connectivity index (χ4v) is 2.30. The van der Waals surface area contributed by atoms with Crippen molar-refractivity contribution in [2.24, 2.45) is 11.7 Å². The highest BCUT2D eigenvalue weighted by atomic mass is 16.6. The summed E-state index contributed by atoms with van der Waals surface area (Å²) >= 11 is 0. The van der Waals surface area contributed by atoms with Crippen LogP contribution in [0.25, 0.3) is 0 Å². The molecule has 0 unspecified atom stereocenters. The molecular weight excluding hydrogens is 252 g/mol. The largest absolute Gasteiger partial charge is 0.504 e. The summed E-state index contributed by atoms with van der Waals surface area (Å²) in [5.74, 6) is -1.10. The molecule has 0 aromatic heterocycles. The number of nitrogens with two attached hydrogens (primary N) is 1. The van der Waals surface area contributed by atoms with Crippen molar-refractivity contribution in [3.63, 3.8) is 0 Å². The molecule has 1 aromatic rings. The number of ether oxygens (including phenoxy) is 1. The number of rotatable bonds is 3. The van der Waals surface area contributed by atoms with Gasteiger partial charge in [-0.05, 0) is 30.4 Å². The number of phenolic OH excluding ortho intramolecular Hbond substituents is 2. The van der Waals surface area contributed by atoms with Gasteiger partial charge in [0.25, 0.3) is 0 Å². The molecule has 4 N–H and O–H groups in total. The summed E-state index contributed by atoms with van der Waals surface area (Å²) in [6, 6.07) is 2.08. The first-order chi connectivity index (χ1) is 9.00. The number of nitro groups is 1. The maximum absolute atomic E-state index is 10.8. The molecule has 0 spiro atoms. The molecule has 1 aliphatic heterocycles. The van der Waals surface area contributed by atoms with Gasteiger partial charge in [0.1, 0.15) is 0 Å². The van der Waals surface area contributed by atoms with Crippen LogP contribution in [0.3, 0.4) is 0 Å². The maximum Gasteiger partial charge on any atom is 0.314 e. The molecule has 7 heteroatoms. The highest BCUT2D eigenvalue weighted by Gasteiger charge is 2.26. The Hall–Kier alpha value is -1.86. The van der Waals surface area contributed by atoms with Gasteiger partial charge in [0.15, 0.2) is 5.75 Å². The maximum atomic E-state index is 10.8. The van der Waals surface area contributed by atoms with Crippen LogP contribution >= 0.6 is 0 Å². The summed E-state index contributed by atoms with van der Waals surface area (Å²) in [5.41, 5.74) is 6.01. The molecule has 104 valence electrons. The molecule has 7 nitrogen and oxygen atoms in total. The van der Waals surface area contributed by atoms with Crippen molar-refractivity contribution in [1.29, 1.82) is 0 Å². The van der Waals surface area contributed by atoms with Gasteiger partial charge in [-0.15, -0.1) is 0 Å². The second kappa shape index (κ2) is 5.41. The quantitative estimate of drug-likeness (QED) is 0.433. The van der Waals surface area contributed by atoms with E-state index in [0.717, 1.165) is 12.8 Å². The molecule has 19 heavy (non-hydrogen) atoms. The van der Waals surface area contributed by atoms with E-state index < -0.39 is 28.2 Å². The predicted octanol–water partition coefficient (Wildman–Crippen LogP) is 1.43. The van der Waals surface area contributed by atoms with Crippen LogP contribution in [-0.4, -0.2) is 28.4 Å². The fourth-order valence-electron chi connectivity index (χ4n) is 2.30. The molecule has 1 saturated heterocycles. The zero-order valence-electron chi connectivity index (χ0n) is 10.3. The van der Waals surface area contributed by atoms with E-state index in [1.807, 2.05) is 0 Å². The molecule has 0 saturated carbocycles. The van der Waals surface area contributed by atoms with Crippen molar-refractivity contribution in [3.8, 4) is 11.5 Å². The first kappa shape index (κ1) is 13.6. The standard InChI is InChI=1S/C12H16N2O5/c13-11(7-1-3-19-4-2-7)8-5-9(14(17)18)12(16)10(15)6-8/h5-7,11,15-16H,1-4,13H2/t11-/m0/s1. The molecule has 1 heterocycles. The smallest absolute Gasteiger partial charge is 0.314 e. The Morgan fingerprint density at radius 1 is 1.37 bits per heavy atom. The van der Waals surface area contributed by atoms with E-state index in [0.29, 0.717) is 18.8 Å². The molecule has 1 aromatic carbocycles. The monoisotopic (exact) mass is 268 g/mol. The van der Waals surface area contributed by atoms with Crippen LogP contribution in [-0.2, 0) is 4.74 Å². The summed E-state index contributed by atoms with van der Waals surface area (Å²) in [4.78, 5) is 10.1. The van der Waals surface area contributed by atoms with Crippen molar-refractivity contribution >= 4 is 5.69 Å². The van der Waals surface area contributed by atoms with Crippen molar-refractivity contribution in [3.05, 3.63) is 27.8 Å². The van der Waals surface area contributed by atoms with Crippen LogP contribution in [0.5, 0.6) is 11.5 Å². The minimum atomic E-state index is -0.741. The molecule has 0 bridgehead atoms. The molecule has 0 radical (unpaired) electrons. The number of phenols is 2. The summed E-state index contributed by atoms with van der Waals surface area (Å²) in [6.45, 7) is 1.23. The second-order valence-corrected chi connectivity index (χ2v) is 4.64. The third kappa shape index (κ3) is 2.77. The van der Waals surface area contributed by atoms with Crippen molar-refractivity contribution < 1.29 is 19.9 Å². The van der Waals surface area contributed by atoms with Crippen LogP contribution in [0, 0.1) is 16.0 Å². The molecule has 1 fully saturated rings. The number of benzene rings is 1. The topological polar surface area (TPSA) is 119 Å². The van der Waals surface area contributed by atoms with Gasteiger partial charge in [-0.25, -0.2) is 0 Å². The third-order valence-corrected chi connectivity index (χ3v) is 3.45. The predicted molar refractivity (Wildman–Crippen MR) is 66.9 cm³/mol. The zero-order valence-corrected chi connectivity index (χ0v) is 10.3. The van der Waals surface area contributed by atoms with E-state index in [-0.39, 0.29) is 5.92 Å². The fraction of sp³-hybridized carbons (Fsp3) is 0.500. The van der Waals surface area contributed by atoms with Crippen LogP contribution < -0.4 is 5.73 Å². The Balaban J connectivity index is 2.31. The average Bonchev–Trinajstić information content (AvgIpc) is 2.41. The first-order valence-corrected chi connectivity index (χ1v) is 6.04. The number of nitro benzene ring substituents is 1. The summed E-state index contributed by atoms with van der Waals surface area (Å²) in [7, 11) is 0. The van der Waals surface area contributed by atoms with Crippen LogP contribution in [0.2, 0.25) is 0 Å². The average molecular weight is 268 g/mol. The van der Waals surface area contributed by atoms with Gasteiger partial charge in [0.05, 0.1) is 4.92 Å². The molecular formula is C12H16N2O5. The molecule has 1 atom stereocenters. The Morgan fingerprint density at radius 2 is 2.00 bits per heavy atom. The van der Waals surface area contributed by atoms with Gasteiger partial charge in [-0.1, -0.05) is 0 Å². The van der Waals surface area contributed by atoms with E-state index in [4.69, 9.17) is 10.5 Å². The van der Waals surface area contributed by atoms with Crippen LogP contribution in [0.15, 0.2) is 12.1 Å². The van der Waals surface area contributed by atoms with Crippen molar-refractivity contribution in [1.82, 2.24) is 0 Å². The van der Waals surface area contributed by atoms with E-state index in [9.17, 15) is 20.3 Å². The lowest BCUT2D eigenvalue weighted by Crippen LogP contribution is -2.27. The van der Waals surface area contributed by atoms with Crippen LogP contribution in [0.4, 0.5) is 5.69 Å². The molecule has 2 rings (SSSR count).